The molecule has 9 heteroatoms. The van der Waals surface area contributed by atoms with Crippen molar-refractivity contribution in [3.8, 4) is 0 Å². The van der Waals surface area contributed by atoms with Crippen molar-refractivity contribution in [1.29, 1.82) is 0 Å². The predicted molar refractivity (Wildman–Crippen MR) is 87.1 cm³/mol. The molecule has 0 heterocycles. The molecule has 0 atom stereocenters. The first-order valence-corrected chi connectivity index (χ1v) is 9.03. The molecule has 116 valence electrons. The number of anilines is 1. The van der Waals surface area contributed by atoms with Gasteiger partial charge in [-0.2, -0.15) is 0 Å². The van der Waals surface area contributed by atoms with E-state index in [1.54, 1.807) is 18.2 Å². The van der Waals surface area contributed by atoms with E-state index < -0.39 is 20.6 Å². The maximum atomic E-state index is 12.3. The average Bonchev–Trinajstić information content (AvgIpc) is 2.46. The zero-order chi connectivity index (χ0) is 16.3. The first-order valence-electron chi connectivity index (χ1n) is 5.94. The lowest BCUT2D eigenvalue weighted by atomic mass is 10.3. The van der Waals surface area contributed by atoms with Crippen LogP contribution in [-0.4, -0.2) is 19.6 Å². The molecule has 0 aliphatic rings. The predicted octanol–water partition coefficient (Wildman–Crippen LogP) is 3.77. The summed E-state index contributed by atoms with van der Waals surface area (Å²) in [6.45, 7) is 0. The number of nitro groups is 1. The topological polar surface area (TPSA) is 89.3 Å². The summed E-state index contributed by atoms with van der Waals surface area (Å²) in [5, 5.41) is 10.7. The van der Waals surface area contributed by atoms with Gasteiger partial charge in [0, 0.05) is 16.6 Å². The highest BCUT2D eigenvalue weighted by Crippen LogP contribution is 2.28. The van der Waals surface area contributed by atoms with Crippen LogP contribution in [0.5, 0.6) is 0 Å². The van der Waals surface area contributed by atoms with Crippen molar-refractivity contribution in [2.45, 2.75) is 9.79 Å². The Bertz CT molecular complexity index is 825. The second-order valence-electron chi connectivity index (χ2n) is 4.21. The summed E-state index contributed by atoms with van der Waals surface area (Å²) in [4.78, 5) is 10.8. The maximum absolute atomic E-state index is 12.3. The molecular formula is C13H11ClN2O4S2. The van der Waals surface area contributed by atoms with Gasteiger partial charge in [-0.3, -0.25) is 14.8 Å². The van der Waals surface area contributed by atoms with Gasteiger partial charge in [-0.1, -0.05) is 17.7 Å². The molecule has 22 heavy (non-hydrogen) atoms. The van der Waals surface area contributed by atoms with E-state index in [-0.39, 0.29) is 9.92 Å². The fourth-order valence-electron chi connectivity index (χ4n) is 1.70. The molecule has 0 saturated heterocycles. The number of hydrogen-bond donors (Lipinski definition) is 1. The summed E-state index contributed by atoms with van der Waals surface area (Å²) in [6.07, 6.45) is 1.87. The first kappa shape index (κ1) is 16.6. The Morgan fingerprint density at radius 1 is 1.23 bits per heavy atom. The van der Waals surface area contributed by atoms with E-state index in [4.69, 9.17) is 11.6 Å². The van der Waals surface area contributed by atoms with Crippen LogP contribution in [0.3, 0.4) is 0 Å². The van der Waals surface area contributed by atoms with Crippen LogP contribution >= 0.6 is 23.4 Å². The van der Waals surface area contributed by atoms with Crippen LogP contribution in [0, 0.1) is 10.1 Å². The molecule has 0 aromatic heterocycles. The highest BCUT2D eigenvalue weighted by Gasteiger charge is 2.20. The molecule has 0 amide bonds. The third kappa shape index (κ3) is 3.70. The standard InChI is InChI=1S/C13H11ClN2O4S2/c1-21-10-4-2-3-9(7-10)15-22(19,20)11-5-6-12(14)13(8-11)16(17)18/h2-8,15H,1H3. The molecule has 0 spiro atoms. The maximum Gasteiger partial charge on any atom is 0.289 e. The molecule has 0 unspecified atom stereocenters. The van der Waals surface area contributed by atoms with Gasteiger partial charge in [-0.25, -0.2) is 8.42 Å². The van der Waals surface area contributed by atoms with Gasteiger partial charge in [0.2, 0.25) is 0 Å². The minimum absolute atomic E-state index is 0.117. The molecule has 2 rings (SSSR count). The third-order valence-corrected chi connectivity index (χ3v) is 5.17. The number of hydrogen-bond acceptors (Lipinski definition) is 5. The normalized spacial score (nSPS) is 11.2. The van der Waals surface area contributed by atoms with Crippen molar-refractivity contribution in [2.75, 3.05) is 11.0 Å². The van der Waals surface area contributed by atoms with E-state index in [2.05, 4.69) is 4.72 Å². The summed E-state index contributed by atoms with van der Waals surface area (Å²) < 4.78 is 27.0. The average molecular weight is 359 g/mol. The molecule has 0 radical (unpaired) electrons. The van der Waals surface area contributed by atoms with Gasteiger partial charge in [0.25, 0.3) is 15.7 Å². The summed E-state index contributed by atoms with van der Waals surface area (Å²) in [7, 11) is -3.93. The van der Waals surface area contributed by atoms with Crippen LogP contribution < -0.4 is 4.72 Å². The number of rotatable bonds is 5. The van der Waals surface area contributed by atoms with Gasteiger partial charge in [0.05, 0.1) is 9.82 Å². The Balaban J connectivity index is 2.38. The monoisotopic (exact) mass is 358 g/mol. The smallest absolute Gasteiger partial charge is 0.280 e. The van der Waals surface area contributed by atoms with Crippen LogP contribution in [0.1, 0.15) is 0 Å². The second kappa shape index (κ2) is 6.55. The minimum atomic E-state index is -3.93. The molecule has 2 aromatic carbocycles. The molecular weight excluding hydrogens is 348 g/mol. The van der Waals surface area contributed by atoms with E-state index in [1.807, 2.05) is 12.3 Å². The van der Waals surface area contributed by atoms with Crippen LogP contribution in [0.2, 0.25) is 5.02 Å². The zero-order valence-corrected chi connectivity index (χ0v) is 13.7. The number of benzene rings is 2. The Labute approximate surface area is 136 Å². The fraction of sp³-hybridized carbons (Fsp3) is 0.0769. The highest BCUT2D eigenvalue weighted by atomic mass is 35.5. The number of nitrogens with zero attached hydrogens (tertiary/aromatic N) is 1. The number of thioether (sulfide) groups is 1. The first-order chi connectivity index (χ1) is 10.3. The molecule has 0 bridgehead atoms. The molecule has 2 aromatic rings. The summed E-state index contributed by atoms with van der Waals surface area (Å²) in [5.41, 5.74) is -0.0770. The van der Waals surface area contributed by atoms with Crippen molar-refractivity contribution in [1.82, 2.24) is 0 Å². The van der Waals surface area contributed by atoms with Crippen LogP contribution in [-0.2, 0) is 10.0 Å². The Kier molecular flexibility index (Phi) is 4.94. The second-order valence-corrected chi connectivity index (χ2v) is 7.18. The van der Waals surface area contributed by atoms with Crippen LogP contribution in [0.15, 0.2) is 52.3 Å². The number of halogens is 1. The van der Waals surface area contributed by atoms with E-state index in [9.17, 15) is 18.5 Å². The van der Waals surface area contributed by atoms with E-state index in [1.165, 1.54) is 23.9 Å². The van der Waals surface area contributed by atoms with Crippen LogP contribution in [0.4, 0.5) is 11.4 Å². The van der Waals surface area contributed by atoms with E-state index in [0.717, 1.165) is 11.0 Å². The highest BCUT2D eigenvalue weighted by molar-refractivity contribution is 7.98. The molecule has 0 fully saturated rings. The molecule has 6 nitrogen and oxygen atoms in total. The Morgan fingerprint density at radius 2 is 1.95 bits per heavy atom. The lowest BCUT2D eigenvalue weighted by Crippen LogP contribution is -2.13. The zero-order valence-electron chi connectivity index (χ0n) is 11.3. The van der Waals surface area contributed by atoms with E-state index >= 15 is 0 Å². The largest absolute Gasteiger partial charge is 0.289 e. The number of nitro benzene ring substituents is 1. The van der Waals surface area contributed by atoms with Gasteiger partial charge in [0.15, 0.2) is 0 Å². The summed E-state index contributed by atoms with van der Waals surface area (Å²) in [5.74, 6) is 0. The fourth-order valence-corrected chi connectivity index (χ4v) is 3.42. The quantitative estimate of drug-likeness (QED) is 0.499. The van der Waals surface area contributed by atoms with Crippen LogP contribution in [0.25, 0.3) is 0 Å². The van der Waals surface area contributed by atoms with Gasteiger partial charge in [-0.05, 0) is 36.6 Å². The summed E-state index contributed by atoms with van der Waals surface area (Å²) >= 11 is 7.15. The minimum Gasteiger partial charge on any atom is -0.280 e. The SMILES string of the molecule is CSc1cccc(NS(=O)(=O)c2ccc(Cl)c([N+](=O)[O-])c2)c1. The van der Waals surface area contributed by atoms with Gasteiger partial charge in [-0.15, -0.1) is 11.8 Å². The van der Waals surface area contributed by atoms with Crippen molar-refractivity contribution in [3.05, 3.63) is 57.6 Å². The van der Waals surface area contributed by atoms with Gasteiger partial charge in [0.1, 0.15) is 5.02 Å². The van der Waals surface area contributed by atoms with Crippen molar-refractivity contribution < 1.29 is 13.3 Å². The summed E-state index contributed by atoms with van der Waals surface area (Å²) in [6, 6.07) is 10.2. The lowest BCUT2D eigenvalue weighted by molar-refractivity contribution is -0.384. The van der Waals surface area contributed by atoms with Crippen molar-refractivity contribution >= 4 is 44.8 Å². The molecule has 1 N–H and O–H groups in total. The Morgan fingerprint density at radius 3 is 2.59 bits per heavy atom. The van der Waals surface area contributed by atoms with E-state index in [0.29, 0.717) is 5.69 Å². The third-order valence-electron chi connectivity index (χ3n) is 2.75. The molecule has 0 aliphatic carbocycles. The molecule has 0 aliphatic heterocycles. The van der Waals surface area contributed by atoms with Crippen molar-refractivity contribution in [2.24, 2.45) is 0 Å². The van der Waals surface area contributed by atoms with Gasteiger partial charge < -0.3 is 0 Å². The Hall–Kier alpha value is -1.77. The number of sulfonamides is 1. The molecule has 0 saturated carbocycles. The lowest BCUT2D eigenvalue weighted by Gasteiger charge is -2.09. The number of nitrogens with one attached hydrogen (secondary N) is 1. The van der Waals surface area contributed by atoms with Crippen molar-refractivity contribution in [3.63, 3.8) is 0 Å². The van der Waals surface area contributed by atoms with Gasteiger partial charge >= 0.3 is 0 Å².